The number of likely N-dealkylation sites (N-methyl/N-ethyl adjacent to an activating group) is 1. The molecule has 38 heavy (non-hydrogen) atoms. The quantitative estimate of drug-likeness (QED) is 0.354. The van der Waals surface area contributed by atoms with Crippen molar-refractivity contribution in [1.82, 2.24) is 10.2 Å². The van der Waals surface area contributed by atoms with Crippen LogP contribution in [0.2, 0.25) is 5.02 Å². The third kappa shape index (κ3) is 7.05. The Morgan fingerprint density at radius 2 is 1.66 bits per heavy atom. The van der Waals surface area contributed by atoms with E-state index >= 15 is 0 Å². The van der Waals surface area contributed by atoms with Gasteiger partial charge in [-0.05, 0) is 67.4 Å². The fraction of sp³-hybridized carbons (Fsp3) is 0.286. The molecule has 0 aliphatic carbocycles. The van der Waals surface area contributed by atoms with Crippen LogP contribution in [0.15, 0.2) is 83.8 Å². The van der Waals surface area contributed by atoms with Crippen LogP contribution in [0.1, 0.15) is 25.8 Å². The number of carbonyl (C=O) groups is 2. The minimum atomic E-state index is -4.12. The highest BCUT2D eigenvalue weighted by molar-refractivity contribution is 7.92. The molecule has 2 amide bonds. The number of ether oxygens (including phenoxy) is 1. The smallest absolute Gasteiger partial charge is 0.264 e. The Morgan fingerprint density at radius 1 is 0.974 bits per heavy atom. The molecule has 0 saturated carbocycles. The predicted molar refractivity (Wildman–Crippen MR) is 149 cm³/mol. The fourth-order valence-corrected chi connectivity index (χ4v) is 5.60. The minimum Gasteiger partial charge on any atom is -0.497 e. The summed E-state index contributed by atoms with van der Waals surface area (Å²) in [5.74, 6) is -0.231. The topological polar surface area (TPSA) is 96.0 Å². The highest BCUT2D eigenvalue weighted by Gasteiger charge is 2.33. The molecular weight excluding hydrogens is 526 g/mol. The van der Waals surface area contributed by atoms with Crippen LogP contribution in [0.4, 0.5) is 5.69 Å². The first-order valence-electron chi connectivity index (χ1n) is 12.2. The summed E-state index contributed by atoms with van der Waals surface area (Å²) in [6.07, 6.45) is 0.341. The molecular formula is C28H32ClN3O5S. The summed E-state index contributed by atoms with van der Waals surface area (Å²) in [6, 6.07) is 20.5. The number of amides is 2. The maximum Gasteiger partial charge on any atom is 0.264 e. The van der Waals surface area contributed by atoms with E-state index in [9.17, 15) is 18.0 Å². The van der Waals surface area contributed by atoms with E-state index < -0.39 is 28.5 Å². The Bertz CT molecular complexity index is 1330. The van der Waals surface area contributed by atoms with Gasteiger partial charge in [0.1, 0.15) is 18.3 Å². The molecule has 3 aromatic rings. The van der Waals surface area contributed by atoms with Crippen LogP contribution in [-0.2, 0) is 26.2 Å². The molecule has 0 aliphatic rings. The van der Waals surface area contributed by atoms with Crippen LogP contribution >= 0.6 is 11.6 Å². The summed E-state index contributed by atoms with van der Waals surface area (Å²) >= 11 is 6.05. The second-order valence-corrected chi connectivity index (χ2v) is 10.8. The van der Waals surface area contributed by atoms with Crippen LogP contribution < -0.4 is 14.4 Å². The normalized spacial score (nSPS) is 11.9. The summed E-state index contributed by atoms with van der Waals surface area (Å²) in [5, 5.41) is 3.21. The molecule has 0 saturated heterocycles. The van der Waals surface area contributed by atoms with E-state index in [1.807, 2.05) is 13.0 Å². The molecule has 3 rings (SSSR count). The number of sulfonamides is 1. The summed E-state index contributed by atoms with van der Waals surface area (Å²) in [6.45, 7) is 3.58. The standard InChI is InChI=1S/C28H32ClN3O5S/c1-4-26(28(34)30-5-2)31(19-21-10-9-11-24(18-21)37-3)27(33)20-32(23-16-14-22(29)15-17-23)38(35,36)25-12-7-6-8-13-25/h6-18,26H,4-5,19-20H2,1-3H3,(H,30,34). The van der Waals surface area contributed by atoms with Crippen molar-refractivity contribution < 1.29 is 22.7 Å². The lowest BCUT2D eigenvalue weighted by Crippen LogP contribution is -2.52. The van der Waals surface area contributed by atoms with Gasteiger partial charge in [0.15, 0.2) is 0 Å². The second-order valence-electron chi connectivity index (χ2n) is 8.49. The van der Waals surface area contributed by atoms with Crippen LogP contribution in [0.5, 0.6) is 5.75 Å². The van der Waals surface area contributed by atoms with Gasteiger partial charge in [-0.15, -0.1) is 0 Å². The maximum absolute atomic E-state index is 13.9. The largest absolute Gasteiger partial charge is 0.497 e. The van der Waals surface area contributed by atoms with E-state index in [4.69, 9.17) is 16.3 Å². The van der Waals surface area contributed by atoms with Crippen molar-refractivity contribution in [1.29, 1.82) is 0 Å². The molecule has 0 spiro atoms. The van der Waals surface area contributed by atoms with Crippen LogP contribution in [-0.4, -0.2) is 51.4 Å². The van der Waals surface area contributed by atoms with Crippen molar-refractivity contribution in [2.45, 2.75) is 37.8 Å². The van der Waals surface area contributed by atoms with Crippen LogP contribution in [0.25, 0.3) is 0 Å². The first-order valence-corrected chi connectivity index (χ1v) is 14.1. The lowest BCUT2D eigenvalue weighted by molar-refractivity contribution is -0.140. The van der Waals surface area contributed by atoms with Gasteiger partial charge >= 0.3 is 0 Å². The van der Waals surface area contributed by atoms with Gasteiger partial charge in [0.2, 0.25) is 11.8 Å². The van der Waals surface area contributed by atoms with E-state index in [-0.39, 0.29) is 23.0 Å². The van der Waals surface area contributed by atoms with Gasteiger partial charge in [0, 0.05) is 18.1 Å². The van der Waals surface area contributed by atoms with E-state index in [1.54, 1.807) is 74.7 Å². The van der Waals surface area contributed by atoms with Crippen molar-refractivity contribution in [3.63, 3.8) is 0 Å². The minimum absolute atomic E-state index is 0.0397. The van der Waals surface area contributed by atoms with Crippen LogP contribution in [0, 0.1) is 0 Å². The zero-order valence-corrected chi connectivity index (χ0v) is 23.2. The fourth-order valence-electron chi connectivity index (χ4n) is 4.03. The SMILES string of the molecule is CCNC(=O)C(CC)N(Cc1cccc(OC)c1)C(=O)CN(c1ccc(Cl)cc1)S(=O)(=O)c1ccccc1. The summed E-state index contributed by atoms with van der Waals surface area (Å²) in [5.41, 5.74) is 1.02. The molecule has 1 N–H and O–H groups in total. The van der Waals surface area contributed by atoms with E-state index in [1.165, 1.54) is 17.0 Å². The highest BCUT2D eigenvalue weighted by Crippen LogP contribution is 2.26. The number of rotatable bonds is 12. The summed E-state index contributed by atoms with van der Waals surface area (Å²) in [4.78, 5) is 28.4. The predicted octanol–water partition coefficient (Wildman–Crippen LogP) is 4.49. The van der Waals surface area contributed by atoms with Gasteiger partial charge in [-0.3, -0.25) is 13.9 Å². The summed E-state index contributed by atoms with van der Waals surface area (Å²) < 4.78 is 33.8. The zero-order chi connectivity index (χ0) is 27.7. The average Bonchev–Trinajstić information content (AvgIpc) is 2.92. The number of benzene rings is 3. The molecule has 0 fully saturated rings. The maximum atomic E-state index is 13.9. The molecule has 3 aromatic carbocycles. The number of hydrogen-bond acceptors (Lipinski definition) is 5. The van der Waals surface area contributed by atoms with Crippen molar-refractivity contribution in [3.05, 3.63) is 89.4 Å². The molecule has 202 valence electrons. The number of nitrogens with zero attached hydrogens (tertiary/aromatic N) is 2. The Kier molecular flexibility index (Phi) is 10.2. The molecule has 1 unspecified atom stereocenters. The summed E-state index contributed by atoms with van der Waals surface area (Å²) in [7, 11) is -2.57. The number of carbonyl (C=O) groups excluding carboxylic acids is 2. The average molecular weight is 558 g/mol. The Hall–Kier alpha value is -3.56. The molecule has 0 aromatic heterocycles. The van der Waals surface area contributed by atoms with Gasteiger partial charge in [-0.2, -0.15) is 0 Å². The van der Waals surface area contributed by atoms with Gasteiger partial charge in [-0.25, -0.2) is 8.42 Å². The van der Waals surface area contributed by atoms with Gasteiger partial charge in [0.05, 0.1) is 17.7 Å². The highest BCUT2D eigenvalue weighted by atomic mass is 35.5. The third-order valence-corrected chi connectivity index (χ3v) is 7.99. The Balaban J connectivity index is 2.05. The van der Waals surface area contributed by atoms with Gasteiger partial charge in [0.25, 0.3) is 10.0 Å². The van der Waals surface area contributed by atoms with E-state index in [0.29, 0.717) is 23.7 Å². The first-order chi connectivity index (χ1) is 18.2. The van der Waals surface area contributed by atoms with Gasteiger partial charge < -0.3 is 15.0 Å². The lowest BCUT2D eigenvalue weighted by atomic mass is 10.1. The van der Waals surface area contributed by atoms with Crippen molar-refractivity contribution >= 4 is 39.1 Å². The number of methoxy groups -OCH3 is 1. The first kappa shape index (κ1) is 29.0. The van der Waals surface area contributed by atoms with Crippen LogP contribution in [0.3, 0.4) is 0 Å². The van der Waals surface area contributed by atoms with Gasteiger partial charge in [-0.1, -0.05) is 48.9 Å². The lowest BCUT2D eigenvalue weighted by Gasteiger charge is -2.33. The number of anilines is 1. The molecule has 8 nitrogen and oxygen atoms in total. The second kappa shape index (κ2) is 13.3. The van der Waals surface area contributed by atoms with Crippen molar-refractivity contribution in [2.75, 3.05) is 24.5 Å². The molecule has 0 bridgehead atoms. The third-order valence-electron chi connectivity index (χ3n) is 5.95. The Morgan fingerprint density at radius 3 is 2.26 bits per heavy atom. The van der Waals surface area contributed by atoms with Crippen molar-refractivity contribution in [2.24, 2.45) is 0 Å². The van der Waals surface area contributed by atoms with Crippen molar-refractivity contribution in [3.8, 4) is 5.75 Å². The zero-order valence-electron chi connectivity index (χ0n) is 21.6. The molecule has 10 heteroatoms. The number of halogens is 1. The Labute approximate surface area is 229 Å². The molecule has 0 aliphatic heterocycles. The monoisotopic (exact) mass is 557 g/mol. The molecule has 0 heterocycles. The number of nitrogens with one attached hydrogen (secondary N) is 1. The van der Waals surface area contributed by atoms with E-state index in [0.717, 1.165) is 9.87 Å². The molecule has 0 radical (unpaired) electrons. The molecule has 1 atom stereocenters. The number of hydrogen-bond donors (Lipinski definition) is 1. The van der Waals surface area contributed by atoms with E-state index in [2.05, 4.69) is 5.32 Å².